The van der Waals surface area contributed by atoms with Crippen LogP contribution >= 0.6 is 11.8 Å². The van der Waals surface area contributed by atoms with Gasteiger partial charge in [0.05, 0.1) is 6.61 Å². The van der Waals surface area contributed by atoms with Crippen molar-refractivity contribution in [2.75, 3.05) is 11.5 Å². The third-order valence-corrected chi connectivity index (χ3v) is 4.44. The Bertz CT molecular complexity index is 420. The molecule has 5 heteroatoms. The van der Waals surface area contributed by atoms with E-state index in [0.29, 0.717) is 6.54 Å². The van der Waals surface area contributed by atoms with E-state index < -0.39 is 0 Å². The fraction of sp³-hybridized carbons (Fsp3) is 0.500. The van der Waals surface area contributed by atoms with E-state index >= 15 is 0 Å². The van der Waals surface area contributed by atoms with Gasteiger partial charge in [0.15, 0.2) is 0 Å². The number of thioether (sulfide) groups is 1. The fourth-order valence-electron chi connectivity index (χ4n) is 2.15. The minimum atomic E-state index is -0.125. The summed E-state index contributed by atoms with van der Waals surface area (Å²) in [5, 5.41) is 15.1. The number of rotatable bonds is 4. The molecule has 1 heterocycles. The van der Waals surface area contributed by atoms with Gasteiger partial charge in [0.2, 0.25) is 0 Å². The van der Waals surface area contributed by atoms with E-state index in [4.69, 9.17) is 0 Å². The van der Waals surface area contributed by atoms with E-state index in [2.05, 4.69) is 10.6 Å². The third-order valence-electron chi connectivity index (χ3n) is 3.22. The zero-order chi connectivity index (χ0) is 13.5. The van der Waals surface area contributed by atoms with Gasteiger partial charge < -0.3 is 15.7 Å². The Labute approximate surface area is 118 Å². The van der Waals surface area contributed by atoms with E-state index in [1.165, 1.54) is 12.2 Å². The SMILES string of the molecule is O=C(NCc1ccccc1CO)NC1CCCSC1. The largest absolute Gasteiger partial charge is 0.392 e. The maximum Gasteiger partial charge on any atom is 0.315 e. The molecule has 0 saturated carbocycles. The van der Waals surface area contributed by atoms with Crippen LogP contribution in [0.5, 0.6) is 0 Å². The summed E-state index contributed by atoms with van der Waals surface area (Å²) >= 11 is 1.89. The normalized spacial score (nSPS) is 18.9. The number of benzene rings is 1. The van der Waals surface area contributed by atoms with Crippen LogP contribution in [0.2, 0.25) is 0 Å². The van der Waals surface area contributed by atoms with Crippen molar-refractivity contribution in [2.24, 2.45) is 0 Å². The standard InChI is InChI=1S/C14H20N2O2S/c17-9-12-5-2-1-4-11(12)8-15-14(18)16-13-6-3-7-19-10-13/h1-2,4-5,13,17H,3,6-10H2,(H2,15,16,18). The Kier molecular flexibility index (Phi) is 5.54. The van der Waals surface area contributed by atoms with Gasteiger partial charge in [-0.2, -0.15) is 11.8 Å². The van der Waals surface area contributed by atoms with E-state index in [9.17, 15) is 9.90 Å². The maximum atomic E-state index is 11.8. The van der Waals surface area contributed by atoms with Crippen LogP contribution in [0.4, 0.5) is 4.79 Å². The number of carbonyl (C=O) groups excluding carboxylic acids is 1. The van der Waals surface area contributed by atoms with Gasteiger partial charge in [-0.25, -0.2) is 4.79 Å². The van der Waals surface area contributed by atoms with E-state index in [1.54, 1.807) is 0 Å². The molecular formula is C14H20N2O2S. The average molecular weight is 280 g/mol. The molecule has 1 aromatic rings. The Morgan fingerprint density at radius 2 is 2.16 bits per heavy atom. The molecule has 1 unspecified atom stereocenters. The lowest BCUT2D eigenvalue weighted by Gasteiger charge is -2.22. The number of urea groups is 1. The van der Waals surface area contributed by atoms with Crippen LogP contribution in [0, 0.1) is 0 Å². The Balaban J connectivity index is 1.79. The van der Waals surface area contributed by atoms with E-state index in [0.717, 1.165) is 23.3 Å². The van der Waals surface area contributed by atoms with Crippen LogP contribution in [0.15, 0.2) is 24.3 Å². The Hall–Kier alpha value is -1.20. The highest BCUT2D eigenvalue weighted by atomic mass is 32.2. The average Bonchev–Trinajstić information content (AvgIpc) is 2.46. The molecule has 1 atom stereocenters. The molecule has 0 radical (unpaired) electrons. The van der Waals surface area contributed by atoms with Crippen molar-refractivity contribution >= 4 is 17.8 Å². The zero-order valence-corrected chi connectivity index (χ0v) is 11.7. The number of hydrogen-bond donors (Lipinski definition) is 3. The molecule has 104 valence electrons. The molecule has 0 bridgehead atoms. The Morgan fingerprint density at radius 3 is 2.84 bits per heavy atom. The molecule has 4 nitrogen and oxygen atoms in total. The lowest BCUT2D eigenvalue weighted by Crippen LogP contribution is -2.44. The highest BCUT2D eigenvalue weighted by molar-refractivity contribution is 7.99. The van der Waals surface area contributed by atoms with Crippen molar-refractivity contribution in [3.63, 3.8) is 0 Å². The van der Waals surface area contributed by atoms with Crippen LogP contribution in [0.1, 0.15) is 24.0 Å². The van der Waals surface area contributed by atoms with Crippen LogP contribution in [-0.2, 0) is 13.2 Å². The molecule has 0 aliphatic carbocycles. The summed E-state index contributed by atoms with van der Waals surface area (Å²) in [5.41, 5.74) is 1.81. The highest BCUT2D eigenvalue weighted by Gasteiger charge is 2.15. The molecule has 1 fully saturated rings. The topological polar surface area (TPSA) is 61.4 Å². The van der Waals surface area contributed by atoms with Crippen molar-refractivity contribution < 1.29 is 9.90 Å². The van der Waals surface area contributed by atoms with Gasteiger partial charge in [-0.3, -0.25) is 0 Å². The molecule has 2 amide bonds. The van der Waals surface area contributed by atoms with Crippen LogP contribution < -0.4 is 10.6 Å². The fourth-order valence-corrected chi connectivity index (χ4v) is 3.22. The van der Waals surface area contributed by atoms with Gasteiger partial charge in [-0.1, -0.05) is 24.3 Å². The van der Waals surface area contributed by atoms with Crippen LogP contribution in [0.3, 0.4) is 0 Å². The first kappa shape index (κ1) is 14.2. The summed E-state index contributed by atoms with van der Waals surface area (Å²) in [4.78, 5) is 11.8. The second-order valence-electron chi connectivity index (χ2n) is 4.67. The number of carbonyl (C=O) groups is 1. The summed E-state index contributed by atoms with van der Waals surface area (Å²) in [7, 11) is 0. The van der Waals surface area contributed by atoms with Crippen molar-refractivity contribution in [3.8, 4) is 0 Å². The first-order valence-corrected chi connectivity index (χ1v) is 7.75. The summed E-state index contributed by atoms with van der Waals surface area (Å²) in [6.07, 6.45) is 2.23. The second-order valence-corrected chi connectivity index (χ2v) is 5.82. The number of amides is 2. The first-order chi connectivity index (χ1) is 9.29. The first-order valence-electron chi connectivity index (χ1n) is 6.59. The van der Waals surface area contributed by atoms with Gasteiger partial charge >= 0.3 is 6.03 Å². The summed E-state index contributed by atoms with van der Waals surface area (Å²) < 4.78 is 0. The number of nitrogens with one attached hydrogen (secondary N) is 2. The smallest absolute Gasteiger partial charge is 0.315 e. The predicted octanol–water partition coefficient (Wildman–Crippen LogP) is 1.87. The van der Waals surface area contributed by atoms with Gasteiger partial charge in [-0.05, 0) is 29.7 Å². The lowest BCUT2D eigenvalue weighted by atomic mass is 10.1. The summed E-state index contributed by atoms with van der Waals surface area (Å²) in [5.74, 6) is 2.20. The van der Waals surface area contributed by atoms with Crippen molar-refractivity contribution in [1.82, 2.24) is 10.6 Å². The van der Waals surface area contributed by atoms with Crippen molar-refractivity contribution in [2.45, 2.75) is 32.0 Å². The Morgan fingerprint density at radius 1 is 1.37 bits per heavy atom. The van der Waals surface area contributed by atoms with Crippen LogP contribution in [0.25, 0.3) is 0 Å². The molecule has 1 saturated heterocycles. The summed E-state index contributed by atoms with van der Waals surface area (Å²) in [6, 6.07) is 7.74. The molecule has 0 spiro atoms. The minimum absolute atomic E-state index is 0.00125. The lowest BCUT2D eigenvalue weighted by molar-refractivity contribution is 0.236. The monoisotopic (exact) mass is 280 g/mol. The van der Waals surface area contributed by atoms with Gasteiger partial charge in [0, 0.05) is 18.3 Å². The summed E-state index contributed by atoms with van der Waals surface area (Å²) in [6.45, 7) is 0.446. The minimum Gasteiger partial charge on any atom is -0.392 e. The molecular weight excluding hydrogens is 260 g/mol. The van der Waals surface area contributed by atoms with Gasteiger partial charge in [0.1, 0.15) is 0 Å². The molecule has 3 N–H and O–H groups in total. The number of aliphatic hydroxyl groups excluding tert-OH is 1. The number of hydrogen-bond acceptors (Lipinski definition) is 3. The quantitative estimate of drug-likeness (QED) is 0.789. The highest BCUT2D eigenvalue weighted by Crippen LogP contribution is 2.16. The van der Waals surface area contributed by atoms with E-state index in [-0.39, 0.29) is 18.7 Å². The number of aliphatic hydroxyl groups is 1. The zero-order valence-electron chi connectivity index (χ0n) is 10.9. The molecule has 19 heavy (non-hydrogen) atoms. The van der Waals surface area contributed by atoms with Gasteiger partial charge in [-0.15, -0.1) is 0 Å². The van der Waals surface area contributed by atoms with Crippen molar-refractivity contribution in [3.05, 3.63) is 35.4 Å². The van der Waals surface area contributed by atoms with Gasteiger partial charge in [0.25, 0.3) is 0 Å². The third kappa shape index (κ3) is 4.44. The maximum absolute atomic E-state index is 11.8. The van der Waals surface area contributed by atoms with Crippen molar-refractivity contribution in [1.29, 1.82) is 0 Å². The molecule has 0 aromatic heterocycles. The molecule has 1 aromatic carbocycles. The molecule has 1 aliphatic heterocycles. The van der Waals surface area contributed by atoms with E-state index in [1.807, 2.05) is 36.0 Å². The molecule has 1 aliphatic rings. The van der Waals surface area contributed by atoms with Crippen LogP contribution in [-0.4, -0.2) is 28.7 Å². The second kappa shape index (κ2) is 7.40. The molecule has 2 rings (SSSR count). The predicted molar refractivity (Wildman–Crippen MR) is 78.1 cm³/mol.